The monoisotopic (exact) mass is 288 g/mol. The highest BCUT2D eigenvalue weighted by molar-refractivity contribution is 5.93. The summed E-state index contributed by atoms with van der Waals surface area (Å²) in [6.07, 6.45) is 1.80. The van der Waals surface area contributed by atoms with Crippen LogP contribution < -0.4 is 11.1 Å². The molecule has 0 heterocycles. The average Bonchev–Trinajstić information content (AvgIpc) is 2.34. The van der Waals surface area contributed by atoms with Crippen LogP contribution in [-0.2, 0) is 4.79 Å². The number of rotatable bonds is 2. The molecular weight excluding hydrogens is 260 g/mol. The quantitative estimate of drug-likeness (QED) is 0.873. The Hall–Kier alpha value is -1.35. The van der Waals surface area contributed by atoms with E-state index in [2.05, 4.69) is 32.2 Å². The molecule has 1 aromatic rings. The number of aryl methyl sites for hydroxylation is 2. The van der Waals surface area contributed by atoms with Crippen LogP contribution in [0.5, 0.6) is 0 Å². The van der Waals surface area contributed by atoms with Crippen LogP contribution in [0.2, 0.25) is 0 Å². The Kier molecular flexibility index (Phi) is 4.43. The third-order valence-corrected chi connectivity index (χ3v) is 5.31. The first-order chi connectivity index (χ1) is 9.71. The molecule has 3 nitrogen and oxygen atoms in total. The van der Waals surface area contributed by atoms with Crippen LogP contribution in [0.15, 0.2) is 18.2 Å². The number of hydrogen-bond donors (Lipinski definition) is 2. The van der Waals surface area contributed by atoms with E-state index in [1.54, 1.807) is 0 Å². The van der Waals surface area contributed by atoms with Crippen molar-refractivity contribution in [2.24, 2.45) is 23.0 Å². The summed E-state index contributed by atoms with van der Waals surface area (Å²) in [4.78, 5) is 12.7. The van der Waals surface area contributed by atoms with Gasteiger partial charge in [-0.15, -0.1) is 0 Å². The molecule has 21 heavy (non-hydrogen) atoms. The summed E-state index contributed by atoms with van der Waals surface area (Å²) in [5, 5.41) is 3.10. The van der Waals surface area contributed by atoms with E-state index >= 15 is 0 Å². The van der Waals surface area contributed by atoms with Gasteiger partial charge < -0.3 is 11.1 Å². The van der Waals surface area contributed by atoms with E-state index < -0.39 is 0 Å². The Morgan fingerprint density at radius 1 is 1.19 bits per heavy atom. The molecule has 0 radical (unpaired) electrons. The number of amides is 1. The topological polar surface area (TPSA) is 55.1 Å². The van der Waals surface area contributed by atoms with Crippen molar-refractivity contribution in [3.63, 3.8) is 0 Å². The fourth-order valence-electron chi connectivity index (χ4n) is 3.60. The van der Waals surface area contributed by atoms with Crippen LogP contribution in [-0.4, -0.2) is 11.9 Å². The standard InChI is InChI=1S/C18H28N2O/c1-11-8-12(2)10-14(9-11)20-17(21)15-6-7-16(19)13(3)18(15,4)5/h8-10,13,15-16H,6-7,19H2,1-5H3,(H,20,21). The molecule has 0 aliphatic heterocycles. The molecule has 1 aliphatic carbocycles. The molecule has 3 heteroatoms. The van der Waals surface area contributed by atoms with Crippen molar-refractivity contribution in [1.82, 2.24) is 0 Å². The lowest BCUT2D eigenvalue weighted by molar-refractivity contribution is -0.127. The molecule has 0 aromatic heterocycles. The maximum Gasteiger partial charge on any atom is 0.228 e. The third-order valence-electron chi connectivity index (χ3n) is 5.31. The fraction of sp³-hybridized carbons (Fsp3) is 0.611. The van der Waals surface area contributed by atoms with Crippen molar-refractivity contribution in [2.75, 3.05) is 5.32 Å². The number of carbonyl (C=O) groups is 1. The number of benzene rings is 1. The Morgan fingerprint density at radius 3 is 2.33 bits per heavy atom. The van der Waals surface area contributed by atoms with Crippen LogP contribution in [0.4, 0.5) is 5.69 Å². The van der Waals surface area contributed by atoms with E-state index in [-0.39, 0.29) is 23.3 Å². The minimum absolute atomic E-state index is 0.0214. The minimum atomic E-state index is -0.0688. The summed E-state index contributed by atoms with van der Waals surface area (Å²) in [5.74, 6) is 0.498. The van der Waals surface area contributed by atoms with Crippen LogP contribution in [0.3, 0.4) is 0 Å². The van der Waals surface area contributed by atoms with Gasteiger partial charge in [-0.05, 0) is 61.3 Å². The highest BCUT2D eigenvalue weighted by Gasteiger charge is 2.44. The maximum atomic E-state index is 12.7. The van der Waals surface area contributed by atoms with Crippen LogP contribution >= 0.6 is 0 Å². The van der Waals surface area contributed by atoms with Gasteiger partial charge in [0.15, 0.2) is 0 Å². The molecule has 0 spiro atoms. The first kappa shape index (κ1) is 16.0. The third kappa shape index (κ3) is 3.29. The summed E-state index contributed by atoms with van der Waals surface area (Å²) in [6.45, 7) is 10.6. The van der Waals surface area contributed by atoms with Gasteiger partial charge in [0.2, 0.25) is 5.91 Å². The zero-order valence-corrected chi connectivity index (χ0v) is 13.9. The molecule has 3 unspecified atom stereocenters. The second kappa shape index (κ2) is 5.80. The lowest BCUT2D eigenvalue weighted by atomic mass is 9.61. The molecule has 3 atom stereocenters. The predicted molar refractivity (Wildman–Crippen MR) is 88.2 cm³/mol. The van der Waals surface area contributed by atoms with Crippen molar-refractivity contribution in [3.8, 4) is 0 Å². The Labute approximate surface area is 128 Å². The smallest absolute Gasteiger partial charge is 0.228 e. The van der Waals surface area contributed by atoms with E-state index in [9.17, 15) is 4.79 Å². The van der Waals surface area contributed by atoms with Crippen LogP contribution in [0, 0.1) is 31.1 Å². The maximum absolute atomic E-state index is 12.7. The second-order valence-electron chi connectivity index (χ2n) is 7.27. The Morgan fingerprint density at radius 2 is 1.76 bits per heavy atom. The van der Waals surface area contributed by atoms with Crippen molar-refractivity contribution in [2.45, 2.75) is 53.5 Å². The van der Waals surface area contributed by atoms with E-state index in [0.717, 1.165) is 18.5 Å². The molecule has 1 saturated carbocycles. The summed E-state index contributed by atoms with van der Waals surface area (Å²) in [7, 11) is 0. The summed E-state index contributed by atoms with van der Waals surface area (Å²) < 4.78 is 0. The minimum Gasteiger partial charge on any atom is -0.327 e. The normalized spacial score (nSPS) is 28.2. The molecule has 0 saturated heterocycles. The van der Waals surface area contributed by atoms with Gasteiger partial charge in [-0.1, -0.05) is 26.8 Å². The van der Waals surface area contributed by atoms with Crippen LogP contribution in [0.25, 0.3) is 0 Å². The van der Waals surface area contributed by atoms with Gasteiger partial charge in [-0.3, -0.25) is 4.79 Å². The van der Waals surface area contributed by atoms with Crippen molar-refractivity contribution >= 4 is 11.6 Å². The number of nitrogens with one attached hydrogen (secondary N) is 1. The van der Waals surface area contributed by atoms with E-state index in [1.165, 1.54) is 11.1 Å². The highest BCUT2D eigenvalue weighted by Crippen LogP contribution is 2.44. The number of nitrogens with two attached hydrogens (primary N) is 1. The molecule has 1 aromatic carbocycles. The average molecular weight is 288 g/mol. The molecule has 1 fully saturated rings. The van der Waals surface area contributed by atoms with Crippen molar-refractivity contribution in [1.29, 1.82) is 0 Å². The van der Waals surface area contributed by atoms with Gasteiger partial charge in [0, 0.05) is 17.6 Å². The van der Waals surface area contributed by atoms with Gasteiger partial charge >= 0.3 is 0 Å². The Bertz CT molecular complexity index is 516. The zero-order chi connectivity index (χ0) is 15.8. The summed E-state index contributed by atoms with van der Waals surface area (Å²) in [6, 6.07) is 6.36. The second-order valence-corrected chi connectivity index (χ2v) is 7.27. The van der Waals surface area contributed by atoms with Gasteiger partial charge in [0.1, 0.15) is 0 Å². The van der Waals surface area contributed by atoms with Gasteiger partial charge in [0.25, 0.3) is 0 Å². The van der Waals surface area contributed by atoms with Crippen molar-refractivity contribution < 1.29 is 4.79 Å². The number of anilines is 1. The first-order valence-corrected chi connectivity index (χ1v) is 7.86. The van der Waals surface area contributed by atoms with E-state index in [4.69, 9.17) is 5.73 Å². The lowest BCUT2D eigenvalue weighted by Gasteiger charge is -2.46. The van der Waals surface area contributed by atoms with Gasteiger partial charge in [-0.25, -0.2) is 0 Å². The summed E-state index contributed by atoms with van der Waals surface area (Å²) >= 11 is 0. The van der Waals surface area contributed by atoms with E-state index in [0.29, 0.717) is 5.92 Å². The molecule has 1 aliphatic rings. The lowest BCUT2D eigenvalue weighted by Crippen LogP contribution is -2.50. The zero-order valence-electron chi connectivity index (χ0n) is 13.9. The first-order valence-electron chi connectivity index (χ1n) is 7.86. The molecule has 1 amide bonds. The highest BCUT2D eigenvalue weighted by atomic mass is 16.1. The van der Waals surface area contributed by atoms with Crippen molar-refractivity contribution in [3.05, 3.63) is 29.3 Å². The fourth-order valence-corrected chi connectivity index (χ4v) is 3.60. The SMILES string of the molecule is Cc1cc(C)cc(NC(=O)C2CCC(N)C(C)C2(C)C)c1. The summed E-state index contributed by atoms with van der Waals surface area (Å²) in [5.41, 5.74) is 9.35. The van der Waals surface area contributed by atoms with E-state index in [1.807, 2.05) is 26.0 Å². The molecular formula is C18H28N2O. The molecule has 116 valence electrons. The largest absolute Gasteiger partial charge is 0.327 e. The number of carbonyl (C=O) groups excluding carboxylic acids is 1. The molecule has 0 bridgehead atoms. The predicted octanol–water partition coefficient (Wildman–Crippen LogP) is 3.64. The van der Waals surface area contributed by atoms with Gasteiger partial charge in [0.05, 0.1) is 0 Å². The van der Waals surface area contributed by atoms with Crippen LogP contribution in [0.1, 0.15) is 44.7 Å². The number of hydrogen-bond acceptors (Lipinski definition) is 2. The van der Waals surface area contributed by atoms with Gasteiger partial charge in [-0.2, -0.15) is 0 Å². The molecule has 3 N–H and O–H groups in total. The molecule has 2 rings (SSSR count). The Balaban J connectivity index is 2.16.